The van der Waals surface area contributed by atoms with Crippen LogP contribution < -0.4 is 15.4 Å². The first kappa shape index (κ1) is 16.2. The van der Waals surface area contributed by atoms with Crippen LogP contribution in [-0.4, -0.2) is 11.9 Å². The van der Waals surface area contributed by atoms with Gasteiger partial charge in [-0.2, -0.15) is 5.01 Å². The number of halogens is 1. The predicted octanol–water partition coefficient (Wildman–Crippen LogP) is 4.65. The molecule has 1 N–H and O–H groups in total. The van der Waals surface area contributed by atoms with E-state index in [4.69, 9.17) is 11.6 Å². The molecule has 0 bridgehead atoms. The minimum atomic E-state index is -0.292. The van der Waals surface area contributed by atoms with Gasteiger partial charge in [-0.25, -0.2) is 9.80 Å². The summed E-state index contributed by atoms with van der Waals surface area (Å²) in [4.78, 5) is 13.0. The first-order valence-electron chi connectivity index (χ1n) is 8.08. The Balaban J connectivity index is 1.79. The molecule has 0 fully saturated rings. The van der Waals surface area contributed by atoms with Crippen molar-refractivity contribution in [3.05, 3.63) is 95.5 Å². The molecule has 0 saturated heterocycles. The molecule has 0 aromatic heterocycles. The van der Waals surface area contributed by atoms with Gasteiger partial charge in [-0.05, 0) is 48.5 Å². The second-order valence-corrected chi connectivity index (χ2v) is 6.10. The highest BCUT2D eigenvalue weighted by atomic mass is 35.5. The number of urea groups is 1. The van der Waals surface area contributed by atoms with E-state index in [1.165, 1.54) is 10.0 Å². The molecule has 6 heteroatoms. The molecule has 0 atom stereocenters. The van der Waals surface area contributed by atoms with Crippen LogP contribution in [0.25, 0.3) is 0 Å². The number of hydrogen-bond donors (Lipinski definition) is 1. The summed E-state index contributed by atoms with van der Waals surface area (Å²) in [7, 11) is 0. The lowest BCUT2D eigenvalue weighted by atomic mass is 10.2. The van der Waals surface area contributed by atoms with Gasteiger partial charge in [0.1, 0.15) is 0 Å². The SMILES string of the molecule is O=C1N(c2ccccc2)N=C(c2ccc(Cl)cc2)NN1c1ccccc1. The van der Waals surface area contributed by atoms with Gasteiger partial charge >= 0.3 is 6.03 Å². The Labute approximate surface area is 156 Å². The van der Waals surface area contributed by atoms with Crippen molar-refractivity contribution in [2.45, 2.75) is 0 Å². The fourth-order valence-corrected chi connectivity index (χ4v) is 2.76. The Morgan fingerprint density at radius 3 is 1.96 bits per heavy atom. The fourth-order valence-electron chi connectivity index (χ4n) is 2.63. The molecule has 5 nitrogen and oxygen atoms in total. The van der Waals surface area contributed by atoms with Gasteiger partial charge in [-0.3, -0.25) is 5.43 Å². The molecule has 26 heavy (non-hydrogen) atoms. The average molecular weight is 363 g/mol. The van der Waals surface area contributed by atoms with Crippen LogP contribution in [0, 0.1) is 0 Å². The molecule has 0 spiro atoms. The van der Waals surface area contributed by atoms with E-state index >= 15 is 0 Å². The average Bonchev–Trinajstić information content (AvgIpc) is 2.70. The molecule has 0 aliphatic carbocycles. The molecule has 1 aliphatic heterocycles. The molecule has 0 saturated carbocycles. The Hall–Kier alpha value is -3.31. The highest BCUT2D eigenvalue weighted by Crippen LogP contribution is 2.23. The van der Waals surface area contributed by atoms with Crippen molar-refractivity contribution in [1.29, 1.82) is 0 Å². The van der Waals surface area contributed by atoms with Gasteiger partial charge in [0.2, 0.25) is 0 Å². The third-order valence-corrected chi connectivity index (χ3v) is 4.17. The second-order valence-electron chi connectivity index (χ2n) is 5.67. The molecule has 1 aliphatic rings. The maximum absolute atomic E-state index is 13.0. The molecule has 1 heterocycles. The van der Waals surface area contributed by atoms with Crippen LogP contribution in [0.15, 0.2) is 90.0 Å². The number of nitrogens with zero attached hydrogens (tertiary/aromatic N) is 3. The van der Waals surface area contributed by atoms with Crippen LogP contribution in [0.3, 0.4) is 0 Å². The molecular formula is C20H15ClN4O. The van der Waals surface area contributed by atoms with Crippen molar-refractivity contribution in [2.24, 2.45) is 5.10 Å². The van der Waals surface area contributed by atoms with Crippen LogP contribution in [0.5, 0.6) is 0 Å². The maximum Gasteiger partial charge on any atom is 0.368 e. The number of para-hydroxylation sites is 2. The van der Waals surface area contributed by atoms with E-state index in [1.54, 1.807) is 12.1 Å². The van der Waals surface area contributed by atoms with Gasteiger partial charge in [0.05, 0.1) is 11.4 Å². The van der Waals surface area contributed by atoms with Gasteiger partial charge in [-0.1, -0.05) is 48.0 Å². The fraction of sp³-hybridized carbons (Fsp3) is 0. The first-order valence-corrected chi connectivity index (χ1v) is 8.46. The summed E-state index contributed by atoms with van der Waals surface area (Å²) < 4.78 is 0. The quantitative estimate of drug-likeness (QED) is 0.737. The van der Waals surface area contributed by atoms with Crippen LogP contribution in [0.2, 0.25) is 5.02 Å². The Morgan fingerprint density at radius 2 is 1.35 bits per heavy atom. The summed E-state index contributed by atoms with van der Waals surface area (Å²) in [5.74, 6) is 0.550. The predicted molar refractivity (Wildman–Crippen MR) is 104 cm³/mol. The first-order chi connectivity index (χ1) is 12.7. The standard InChI is InChI=1S/C20H15ClN4O/c21-16-13-11-15(12-14-16)19-22-24(17-7-3-1-4-8-17)20(26)25(23-19)18-9-5-2-6-10-18/h1-14H,(H,22,23). The normalized spacial score (nSPS) is 14.0. The van der Waals surface area contributed by atoms with Crippen molar-refractivity contribution in [2.75, 3.05) is 10.0 Å². The summed E-state index contributed by atoms with van der Waals surface area (Å²) in [6.07, 6.45) is 0. The summed E-state index contributed by atoms with van der Waals surface area (Å²) >= 11 is 5.99. The lowest BCUT2D eigenvalue weighted by molar-refractivity contribution is 0.249. The number of hydrazine groups is 1. The summed E-state index contributed by atoms with van der Waals surface area (Å²) in [6, 6.07) is 25.7. The van der Waals surface area contributed by atoms with E-state index in [1.807, 2.05) is 72.8 Å². The summed E-state index contributed by atoms with van der Waals surface area (Å²) in [6.45, 7) is 0. The number of rotatable bonds is 3. The second kappa shape index (κ2) is 6.90. The topological polar surface area (TPSA) is 47.9 Å². The number of carbonyl (C=O) groups is 1. The third-order valence-electron chi connectivity index (χ3n) is 3.92. The highest BCUT2D eigenvalue weighted by molar-refractivity contribution is 6.30. The van der Waals surface area contributed by atoms with Crippen LogP contribution >= 0.6 is 11.6 Å². The number of benzene rings is 3. The van der Waals surface area contributed by atoms with E-state index in [-0.39, 0.29) is 6.03 Å². The number of amidine groups is 1. The number of hydrazone groups is 1. The van der Waals surface area contributed by atoms with Gasteiger partial charge < -0.3 is 0 Å². The Kier molecular flexibility index (Phi) is 4.29. The number of anilines is 2. The minimum absolute atomic E-state index is 0.292. The molecule has 2 amide bonds. The minimum Gasteiger partial charge on any atom is -0.271 e. The zero-order valence-electron chi connectivity index (χ0n) is 13.7. The van der Waals surface area contributed by atoms with E-state index in [0.29, 0.717) is 16.5 Å². The van der Waals surface area contributed by atoms with Gasteiger partial charge in [0.25, 0.3) is 0 Å². The molecule has 3 aromatic carbocycles. The van der Waals surface area contributed by atoms with E-state index < -0.39 is 0 Å². The Bertz CT molecular complexity index is 943. The largest absolute Gasteiger partial charge is 0.368 e. The van der Waals surface area contributed by atoms with Crippen molar-refractivity contribution < 1.29 is 4.79 Å². The third kappa shape index (κ3) is 3.12. The lowest BCUT2D eigenvalue weighted by Gasteiger charge is -2.34. The van der Waals surface area contributed by atoms with Crippen molar-refractivity contribution in [3.8, 4) is 0 Å². The molecule has 4 rings (SSSR count). The monoisotopic (exact) mass is 362 g/mol. The molecule has 0 radical (unpaired) electrons. The molecular weight excluding hydrogens is 348 g/mol. The van der Waals surface area contributed by atoms with Gasteiger partial charge in [0.15, 0.2) is 5.84 Å². The van der Waals surface area contributed by atoms with Crippen molar-refractivity contribution in [3.63, 3.8) is 0 Å². The van der Waals surface area contributed by atoms with Crippen LogP contribution in [-0.2, 0) is 0 Å². The van der Waals surface area contributed by atoms with Crippen LogP contribution in [0.1, 0.15) is 5.56 Å². The smallest absolute Gasteiger partial charge is 0.271 e. The van der Waals surface area contributed by atoms with Crippen molar-refractivity contribution >= 4 is 34.8 Å². The summed E-state index contributed by atoms with van der Waals surface area (Å²) in [5.41, 5.74) is 5.34. The van der Waals surface area contributed by atoms with Gasteiger partial charge in [-0.15, -0.1) is 5.10 Å². The van der Waals surface area contributed by atoms with E-state index in [0.717, 1.165) is 11.3 Å². The molecule has 3 aromatic rings. The number of carbonyl (C=O) groups excluding carboxylic acids is 1. The van der Waals surface area contributed by atoms with E-state index in [2.05, 4.69) is 10.5 Å². The van der Waals surface area contributed by atoms with Gasteiger partial charge in [0, 0.05) is 10.6 Å². The summed E-state index contributed by atoms with van der Waals surface area (Å²) in [5, 5.41) is 8.01. The van der Waals surface area contributed by atoms with Crippen molar-refractivity contribution in [1.82, 2.24) is 5.43 Å². The molecule has 128 valence electrons. The van der Waals surface area contributed by atoms with E-state index in [9.17, 15) is 4.79 Å². The number of hydrogen-bond acceptors (Lipinski definition) is 3. The van der Waals surface area contributed by atoms with Crippen LogP contribution in [0.4, 0.5) is 16.2 Å². The number of amides is 2. The molecule has 0 unspecified atom stereocenters. The maximum atomic E-state index is 13.0. The zero-order valence-corrected chi connectivity index (χ0v) is 14.5. The highest BCUT2D eigenvalue weighted by Gasteiger charge is 2.30. The lowest BCUT2D eigenvalue weighted by Crippen LogP contribution is -2.56. The zero-order chi connectivity index (χ0) is 17.9. The number of nitrogens with one attached hydrogen (secondary N) is 1. The Morgan fingerprint density at radius 1 is 0.769 bits per heavy atom.